The first kappa shape index (κ1) is 17.9. The molecule has 1 aliphatic rings. The van der Waals surface area contributed by atoms with Gasteiger partial charge in [0.05, 0.1) is 37.0 Å². The summed E-state index contributed by atoms with van der Waals surface area (Å²) < 4.78 is 16.0. The van der Waals surface area contributed by atoms with Gasteiger partial charge >= 0.3 is 0 Å². The molecule has 0 saturated carbocycles. The van der Waals surface area contributed by atoms with Gasteiger partial charge in [-0.3, -0.25) is 9.59 Å². The van der Waals surface area contributed by atoms with E-state index in [9.17, 15) is 9.59 Å². The van der Waals surface area contributed by atoms with Gasteiger partial charge < -0.3 is 24.8 Å². The Morgan fingerprint density at radius 2 is 1.96 bits per heavy atom. The van der Waals surface area contributed by atoms with Crippen molar-refractivity contribution in [3.05, 3.63) is 41.4 Å². The summed E-state index contributed by atoms with van der Waals surface area (Å²) in [6.07, 6.45) is -1.08. The Balaban J connectivity index is 1.73. The highest BCUT2D eigenvalue weighted by molar-refractivity contribution is 6.32. The summed E-state index contributed by atoms with van der Waals surface area (Å²) in [5.74, 6) is 0.509. The molecule has 1 atom stereocenters. The van der Waals surface area contributed by atoms with Gasteiger partial charge in [-0.25, -0.2) is 0 Å². The summed E-state index contributed by atoms with van der Waals surface area (Å²) in [6, 6.07) is 10.1. The van der Waals surface area contributed by atoms with E-state index >= 15 is 0 Å². The van der Waals surface area contributed by atoms with Gasteiger partial charge in [-0.2, -0.15) is 0 Å². The fourth-order valence-electron chi connectivity index (χ4n) is 2.55. The van der Waals surface area contributed by atoms with Gasteiger partial charge in [-0.05, 0) is 12.1 Å². The molecule has 7 nitrogen and oxygen atoms in total. The monoisotopic (exact) mass is 376 g/mol. The molecule has 3 rings (SSSR count). The number of hydrogen-bond acceptors (Lipinski definition) is 5. The standard InChI is InChI=1S/C18H17ClN2O5/c1-24-14-8-12(15(25-2)7-10(14)19)20-17(22)9-16-18(23)21-11-5-3-4-6-13(11)26-16/h3-8,16H,9H2,1-2H3,(H,20,22)(H,21,23)/t16-/m1/s1. The van der Waals surface area contributed by atoms with Crippen molar-refractivity contribution in [2.75, 3.05) is 24.9 Å². The van der Waals surface area contributed by atoms with E-state index in [1.165, 1.54) is 20.3 Å². The first-order chi connectivity index (χ1) is 12.5. The van der Waals surface area contributed by atoms with Gasteiger partial charge in [0, 0.05) is 12.1 Å². The van der Waals surface area contributed by atoms with E-state index in [-0.39, 0.29) is 12.3 Å². The van der Waals surface area contributed by atoms with Crippen LogP contribution in [-0.4, -0.2) is 32.1 Å². The van der Waals surface area contributed by atoms with Crippen LogP contribution in [0.15, 0.2) is 36.4 Å². The topological polar surface area (TPSA) is 85.9 Å². The zero-order valence-electron chi connectivity index (χ0n) is 14.2. The lowest BCUT2D eigenvalue weighted by molar-refractivity contribution is -0.128. The van der Waals surface area contributed by atoms with Gasteiger partial charge in [0.1, 0.15) is 17.2 Å². The number of nitrogens with one attached hydrogen (secondary N) is 2. The average Bonchev–Trinajstić information content (AvgIpc) is 2.63. The molecule has 0 aliphatic carbocycles. The molecule has 26 heavy (non-hydrogen) atoms. The van der Waals surface area contributed by atoms with Gasteiger partial charge in [0.25, 0.3) is 5.91 Å². The van der Waals surface area contributed by atoms with Crippen molar-refractivity contribution in [1.29, 1.82) is 0 Å². The zero-order valence-corrected chi connectivity index (χ0v) is 14.9. The number of para-hydroxylation sites is 2. The first-order valence-electron chi connectivity index (χ1n) is 7.79. The van der Waals surface area contributed by atoms with Crippen LogP contribution in [0.5, 0.6) is 17.2 Å². The van der Waals surface area contributed by atoms with Crippen LogP contribution >= 0.6 is 11.6 Å². The lowest BCUT2D eigenvalue weighted by Gasteiger charge is -2.25. The summed E-state index contributed by atoms with van der Waals surface area (Å²) in [5, 5.41) is 5.77. The van der Waals surface area contributed by atoms with Crippen LogP contribution in [0.4, 0.5) is 11.4 Å². The summed E-state index contributed by atoms with van der Waals surface area (Å²) in [4.78, 5) is 24.5. The average molecular weight is 377 g/mol. The summed E-state index contributed by atoms with van der Waals surface area (Å²) in [7, 11) is 2.93. The third-order valence-electron chi connectivity index (χ3n) is 3.83. The number of carbonyl (C=O) groups excluding carboxylic acids is 2. The molecule has 2 aromatic rings. The second-order valence-corrected chi connectivity index (χ2v) is 5.94. The fourth-order valence-corrected chi connectivity index (χ4v) is 2.79. The van der Waals surface area contributed by atoms with Crippen LogP contribution in [-0.2, 0) is 9.59 Å². The highest BCUT2D eigenvalue weighted by Gasteiger charge is 2.29. The summed E-state index contributed by atoms with van der Waals surface area (Å²) in [6.45, 7) is 0. The van der Waals surface area contributed by atoms with Gasteiger partial charge in [0.15, 0.2) is 6.10 Å². The zero-order chi connectivity index (χ0) is 18.7. The van der Waals surface area contributed by atoms with Crippen molar-refractivity contribution in [2.24, 2.45) is 0 Å². The van der Waals surface area contributed by atoms with E-state index in [1.807, 2.05) is 0 Å². The molecule has 0 saturated heterocycles. The van der Waals surface area contributed by atoms with Crippen molar-refractivity contribution in [3.8, 4) is 17.2 Å². The van der Waals surface area contributed by atoms with Gasteiger partial charge in [0.2, 0.25) is 5.91 Å². The molecule has 0 unspecified atom stereocenters. The number of fused-ring (bicyclic) bond motifs is 1. The quantitative estimate of drug-likeness (QED) is 0.837. The molecule has 1 heterocycles. The van der Waals surface area contributed by atoms with E-state index in [1.54, 1.807) is 30.3 Å². The highest BCUT2D eigenvalue weighted by atomic mass is 35.5. The lowest BCUT2D eigenvalue weighted by atomic mass is 10.1. The number of carbonyl (C=O) groups is 2. The number of halogens is 1. The largest absolute Gasteiger partial charge is 0.495 e. The predicted molar refractivity (Wildman–Crippen MR) is 97.3 cm³/mol. The van der Waals surface area contributed by atoms with E-state index in [0.717, 1.165) is 0 Å². The summed E-state index contributed by atoms with van der Waals surface area (Å²) in [5.41, 5.74) is 0.966. The predicted octanol–water partition coefficient (Wildman–Crippen LogP) is 3.09. The smallest absolute Gasteiger partial charge is 0.266 e. The van der Waals surface area contributed by atoms with Crippen LogP contribution in [0.3, 0.4) is 0 Å². The number of benzene rings is 2. The maximum absolute atomic E-state index is 12.4. The van der Waals surface area contributed by atoms with E-state index in [0.29, 0.717) is 33.6 Å². The third kappa shape index (κ3) is 3.67. The van der Waals surface area contributed by atoms with Gasteiger partial charge in [-0.1, -0.05) is 23.7 Å². The molecule has 2 aromatic carbocycles. The molecule has 2 amide bonds. The molecule has 0 aromatic heterocycles. The second-order valence-electron chi connectivity index (χ2n) is 5.53. The maximum Gasteiger partial charge on any atom is 0.266 e. The third-order valence-corrected chi connectivity index (χ3v) is 4.12. The maximum atomic E-state index is 12.4. The van der Waals surface area contributed by atoms with Crippen molar-refractivity contribution < 1.29 is 23.8 Å². The molecule has 2 N–H and O–H groups in total. The minimum absolute atomic E-state index is 0.158. The molecular formula is C18H17ClN2O5. The molecule has 0 radical (unpaired) electrons. The lowest BCUT2D eigenvalue weighted by Crippen LogP contribution is -2.39. The number of anilines is 2. The van der Waals surface area contributed by atoms with Crippen LogP contribution in [0.25, 0.3) is 0 Å². The summed E-state index contributed by atoms with van der Waals surface area (Å²) >= 11 is 6.05. The van der Waals surface area contributed by atoms with Crippen molar-refractivity contribution in [3.63, 3.8) is 0 Å². The SMILES string of the molecule is COc1cc(NC(=O)C[C@H]2Oc3ccccc3NC2=O)c(OC)cc1Cl. The number of amides is 2. The number of methoxy groups -OCH3 is 2. The van der Waals surface area contributed by atoms with Crippen LogP contribution in [0.1, 0.15) is 6.42 Å². The van der Waals surface area contributed by atoms with Crippen LogP contribution < -0.4 is 24.8 Å². The minimum atomic E-state index is -0.926. The highest BCUT2D eigenvalue weighted by Crippen LogP contribution is 2.36. The molecule has 0 spiro atoms. The van der Waals surface area contributed by atoms with E-state index < -0.39 is 12.0 Å². The van der Waals surface area contributed by atoms with E-state index in [4.69, 9.17) is 25.8 Å². The van der Waals surface area contributed by atoms with Crippen LogP contribution in [0.2, 0.25) is 5.02 Å². The van der Waals surface area contributed by atoms with Crippen LogP contribution in [0, 0.1) is 0 Å². The molecule has 0 fully saturated rings. The Hall–Kier alpha value is -2.93. The molecule has 8 heteroatoms. The normalized spacial score (nSPS) is 15.3. The first-order valence-corrected chi connectivity index (χ1v) is 8.17. The van der Waals surface area contributed by atoms with Crippen molar-refractivity contribution in [1.82, 2.24) is 0 Å². The second kappa shape index (κ2) is 7.53. The number of ether oxygens (including phenoxy) is 3. The Morgan fingerprint density at radius 3 is 2.69 bits per heavy atom. The Kier molecular flexibility index (Phi) is 5.18. The van der Waals surface area contributed by atoms with E-state index in [2.05, 4.69) is 10.6 Å². The Labute approximate surface area is 155 Å². The van der Waals surface area contributed by atoms with Gasteiger partial charge in [-0.15, -0.1) is 0 Å². The minimum Gasteiger partial charge on any atom is -0.495 e. The number of rotatable bonds is 5. The molecular weight excluding hydrogens is 360 g/mol. The molecule has 136 valence electrons. The molecule has 0 bridgehead atoms. The number of hydrogen-bond donors (Lipinski definition) is 2. The van der Waals surface area contributed by atoms with Crippen molar-refractivity contribution >= 4 is 34.8 Å². The Morgan fingerprint density at radius 1 is 1.23 bits per heavy atom. The molecule has 1 aliphatic heterocycles. The fraction of sp³-hybridized carbons (Fsp3) is 0.222. The Bertz CT molecular complexity index is 855. The van der Waals surface area contributed by atoms with Crippen molar-refractivity contribution in [2.45, 2.75) is 12.5 Å².